The van der Waals surface area contributed by atoms with Gasteiger partial charge in [-0.3, -0.25) is 4.79 Å². The quantitative estimate of drug-likeness (QED) is 0.792. The molecule has 21 heavy (non-hydrogen) atoms. The van der Waals surface area contributed by atoms with E-state index in [1.54, 1.807) is 19.2 Å². The number of carboxylic acids is 1. The molecule has 0 fully saturated rings. The third kappa shape index (κ3) is 5.57. The zero-order chi connectivity index (χ0) is 16.0. The summed E-state index contributed by atoms with van der Waals surface area (Å²) < 4.78 is 5.04. The first-order valence-electron chi connectivity index (χ1n) is 6.27. The number of ether oxygens (including phenoxy) is 1. The topological polar surface area (TPSA) is 75.6 Å². The first-order valence-corrected chi connectivity index (χ1v) is 6.65. The van der Waals surface area contributed by atoms with Crippen LogP contribution in [-0.2, 0) is 9.53 Å². The Balaban J connectivity index is 2.88. The average molecular weight is 312 g/mol. The van der Waals surface area contributed by atoms with E-state index >= 15 is 0 Å². The zero-order valence-electron chi connectivity index (χ0n) is 12.1. The molecule has 0 aliphatic carbocycles. The predicted molar refractivity (Wildman–Crippen MR) is 81.5 cm³/mol. The van der Waals surface area contributed by atoms with Gasteiger partial charge < -0.3 is 15.2 Å². The summed E-state index contributed by atoms with van der Waals surface area (Å²) in [6.45, 7) is 4.08. The minimum Gasteiger partial charge on any atom is -0.478 e. The van der Waals surface area contributed by atoms with Crippen LogP contribution in [0.3, 0.4) is 0 Å². The second-order valence-corrected chi connectivity index (χ2v) is 5.59. The molecule has 1 aromatic rings. The fourth-order valence-corrected chi connectivity index (χ4v) is 1.98. The number of carbonyl (C=O) groups is 2. The van der Waals surface area contributed by atoms with Crippen LogP contribution in [0.5, 0.6) is 0 Å². The van der Waals surface area contributed by atoms with Crippen LogP contribution < -0.4 is 5.32 Å². The molecule has 0 bridgehead atoms. The van der Waals surface area contributed by atoms with E-state index in [2.05, 4.69) is 5.32 Å². The number of benzene rings is 1. The molecule has 0 aliphatic heterocycles. The lowest BCUT2D eigenvalue weighted by molar-refractivity contribution is -0.131. The van der Waals surface area contributed by atoms with Crippen molar-refractivity contribution in [1.29, 1.82) is 0 Å². The fraction of sp³-hybridized carbons (Fsp3) is 0.333. The second kappa shape index (κ2) is 7.24. The molecule has 0 saturated heterocycles. The van der Waals surface area contributed by atoms with Gasteiger partial charge >= 0.3 is 5.97 Å². The number of rotatable bonds is 6. The van der Waals surface area contributed by atoms with Gasteiger partial charge in [0.15, 0.2) is 0 Å². The summed E-state index contributed by atoms with van der Waals surface area (Å²) in [6, 6.07) is 4.69. The van der Waals surface area contributed by atoms with Crippen molar-refractivity contribution in [3.05, 3.63) is 40.4 Å². The number of nitrogens with one attached hydrogen (secondary N) is 1. The van der Waals surface area contributed by atoms with Crippen molar-refractivity contribution >= 4 is 29.6 Å². The maximum atomic E-state index is 12.1. The number of halogens is 1. The van der Waals surface area contributed by atoms with Gasteiger partial charge in [-0.15, -0.1) is 0 Å². The van der Waals surface area contributed by atoms with E-state index in [9.17, 15) is 9.59 Å². The number of carboxylic acid groups (broad SMARTS) is 1. The SMILES string of the molecule is COCC(C)(C)NC(=O)c1ccc(/C=C/C(=O)O)c(Cl)c1. The average Bonchev–Trinajstić information content (AvgIpc) is 2.36. The molecule has 0 atom stereocenters. The number of carbonyl (C=O) groups excluding carboxylic acids is 1. The molecule has 1 rings (SSSR count). The molecule has 0 spiro atoms. The van der Waals surface area contributed by atoms with Crippen molar-refractivity contribution in [3.8, 4) is 0 Å². The van der Waals surface area contributed by atoms with Gasteiger partial charge in [-0.2, -0.15) is 0 Å². The normalized spacial score (nSPS) is 11.6. The van der Waals surface area contributed by atoms with Crippen molar-refractivity contribution in [2.45, 2.75) is 19.4 Å². The van der Waals surface area contributed by atoms with E-state index in [1.165, 1.54) is 12.1 Å². The van der Waals surface area contributed by atoms with Gasteiger partial charge in [-0.05, 0) is 37.6 Å². The molecule has 6 heteroatoms. The van der Waals surface area contributed by atoms with E-state index in [0.29, 0.717) is 22.8 Å². The second-order valence-electron chi connectivity index (χ2n) is 5.18. The first kappa shape index (κ1) is 17.2. The Kier molecular flexibility index (Phi) is 5.93. The molecule has 0 radical (unpaired) electrons. The predicted octanol–water partition coefficient (Wildman–Crippen LogP) is 2.59. The van der Waals surface area contributed by atoms with Crippen molar-refractivity contribution in [2.24, 2.45) is 0 Å². The fourth-order valence-electron chi connectivity index (χ4n) is 1.74. The molecular weight excluding hydrogens is 294 g/mol. The summed E-state index contributed by atoms with van der Waals surface area (Å²) in [5.41, 5.74) is 0.434. The number of hydrogen-bond acceptors (Lipinski definition) is 3. The lowest BCUT2D eigenvalue weighted by Crippen LogP contribution is -2.46. The molecule has 0 saturated carbocycles. The van der Waals surface area contributed by atoms with Crippen molar-refractivity contribution in [2.75, 3.05) is 13.7 Å². The molecular formula is C15H18ClNO4. The van der Waals surface area contributed by atoms with Gasteiger partial charge in [-0.25, -0.2) is 4.79 Å². The Morgan fingerprint density at radius 2 is 2.10 bits per heavy atom. The van der Waals surface area contributed by atoms with Gasteiger partial charge in [0.1, 0.15) is 0 Å². The number of aliphatic carboxylic acids is 1. The minimum absolute atomic E-state index is 0.271. The van der Waals surface area contributed by atoms with Crippen LogP contribution in [-0.4, -0.2) is 36.2 Å². The third-order valence-electron chi connectivity index (χ3n) is 2.63. The number of methoxy groups -OCH3 is 1. The number of hydrogen-bond donors (Lipinski definition) is 2. The molecule has 0 heterocycles. The Labute approximate surface area is 128 Å². The summed E-state index contributed by atoms with van der Waals surface area (Å²) in [5.74, 6) is -1.33. The largest absolute Gasteiger partial charge is 0.478 e. The van der Waals surface area contributed by atoms with Crippen molar-refractivity contribution < 1.29 is 19.4 Å². The standard InChI is InChI=1S/C15H18ClNO4/c1-15(2,9-21-3)17-14(20)11-5-4-10(12(16)8-11)6-7-13(18)19/h4-8H,9H2,1-3H3,(H,17,20)(H,18,19)/b7-6+. The summed E-state index contributed by atoms with van der Waals surface area (Å²) in [4.78, 5) is 22.6. The molecule has 0 unspecified atom stereocenters. The summed E-state index contributed by atoms with van der Waals surface area (Å²) in [5, 5.41) is 11.7. The van der Waals surface area contributed by atoms with E-state index in [1.807, 2.05) is 13.8 Å². The van der Waals surface area contributed by atoms with Gasteiger partial charge in [0.2, 0.25) is 0 Å². The van der Waals surface area contributed by atoms with Crippen LogP contribution in [0.25, 0.3) is 6.08 Å². The molecule has 5 nitrogen and oxygen atoms in total. The van der Waals surface area contributed by atoms with Crippen LogP contribution in [0.15, 0.2) is 24.3 Å². The van der Waals surface area contributed by atoms with Crippen molar-refractivity contribution in [1.82, 2.24) is 5.32 Å². The Bertz CT molecular complexity index is 567. The highest BCUT2D eigenvalue weighted by Gasteiger charge is 2.21. The monoisotopic (exact) mass is 311 g/mol. The molecule has 0 aromatic heterocycles. The molecule has 1 aromatic carbocycles. The van der Waals surface area contributed by atoms with Gasteiger partial charge in [0.05, 0.1) is 12.1 Å². The first-order chi connectivity index (χ1) is 9.75. The highest BCUT2D eigenvalue weighted by Crippen LogP contribution is 2.20. The van der Waals surface area contributed by atoms with Crippen LogP contribution in [0.4, 0.5) is 0 Å². The smallest absolute Gasteiger partial charge is 0.328 e. The van der Waals surface area contributed by atoms with Gasteiger partial charge in [0, 0.05) is 23.8 Å². The van der Waals surface area contributed by atoms with Gasteiger partial charge in [-0.1, -0.05) is 17.7 Å². The van der Waals surface area contributed by atoms with Crippen LogP contribution in [0.1, 0.15) is 29.8 Å². The van der Waals surface area contributed by atoms with E-state index in [4.69, 9.17) is 21.4 Å². The van der Waals surface area contributed by atoms with E-state index in [0.717, 1.165) is 6.08 Å². The minimum atomic E-state index is -1.06. The highest BCUT2D eigenvalue weighted by atomic mass is 35.5. The van der Waals surface area contributed by atoms with Gasteiger partial charge in [0.25, 0.3) is 5.91 Å². The Hall–Kier alpha value is -1.85. The lowest BCUT2D eigenvalue weighted by Gasteiger charge is -2.25. The zero-order valence-corrected chi connectivity index (χ0v) is 12.9. The number of amides is 1. The highest BCUT2D eigenvalue weighted by molar-refractivity contribution is 6.32. The lowest BCUT2D eigenvalue weighted by atomic mass is 10.1. The molecule has 1 amide bonds. The van der Waals surface area contributed by atoms with Crippen molar-refractivity contribution in [3.63, 3.8) is 0 Å². The van der Waals surface area contributed by atoms with Crippen LogP contribution in [0, 0.1) is 0 Å². The molecule has 2 N–H and O–H groups in total. The van der Waals surface area contributed by atoms with E-state index < -0.39 is 11.5 Å². The summed E-state index contributed by atoms with van der Waals surface area (Å²) in [6.07, 6.45) is 2.36. The maximum Gasteiger partial charge on any atom is 0.328 e. The van der Waals surface area contributed by atoms with E-state index in [-0.39, 0.29) is 5.91 Å². The molecule has 114 valence electrons. The summed E-state index contributed by atoms with van der Waals surface area (Å²) >= 11 is 6.04. The van der Waals surface area contributed by atoms with Crippen LogP contribution in [0.2, 0.25) is 5.02 Å². The Morgan fingerprint density at radius 1 is 1.43 bits per heavy atom. The maximum absolute atomic E-state index is 12.1. The Morgan fingerprint density at radius 3 is 2.62 bits per heavy atom. The molecule has 0 aliphatic rings. The third-order valence-corrected chi connectivity index (χ3v) is 2.95. The summed E-state index contributed by atoms with van der Waals surface area (Å²) in [7, 11) is 1.56. The van der Waals surface area contributed by atoms with Crippen LogP contribution >= 0.6 is 11.6 Å².